The van der Waals surface area contributed by atoms with Crippen LogP contribution in [0, 0.1) is 0 Å². The maximum absolute atomic E-state index is 11.6. The van der Waals surface area contributed by atoms with Crippen LogP contribution in [0.3, 0.4) is 0 Å². The van der Waals surface area contributed by atoms with Crippen molar-refractivity contribution < 1.29 is 9.09 Å². The van der Waals surface area contributed by atoms with E-state index < -0.39 is 6.87 Å². The predicted octanol–water partition coefficient (Wildman–Crippen LogP) is 4.98. The van der Waals surface area contributed by atoms with Gasteiger partial charge in [-0.1, -0.05) is 41.7 Å². The number of nitrogens with one attached hydrogen (secondary N) is 1. The van der Waals surface area contributed by atoms with E-state index in [9.17, 15) is 4.57 Å². The van der Waals surface area contributed by atoms with Gasteiger partial charge in [-0.3, -0.25) is 0 Å². The Labute approximate surface area is 113 Å². The molecule has 0 bridgehead atoms. The SMILES string of the molecule is CCNP(=O)(Cl)Oc1cc(Cl)c(Cl)cc1Cl. The van der Waals surface area contributed by atoms with Crippen molar-refractivity contribution in [2.24, 2.45) is 0 Å². The van der Waals surface area contributed by atoms with E-state index in [1.807, 2.05) is 0 Å². The summed E-state index contributed by atoms with van der Waals surface area (Å²) < 4.78 is 16.7. The lowest BCUT2D eigenvalue weighted by Crippen LogP contribution is -2.09. The van der Waals surface area contributed by atoms with Gasteiger partial charge >= 0.3 is 6.87 Å². The molecule has 0 fully saturated rings. The average Bonchev–Trinajstić information content (AvgIpc) is 2.13. The van der Waals surface area contributed by atoms with Crippen molar-refractivity contribution in [3.05, 3.63) is 27.2 Å². The molecule has 1 rings (SSSR count). The second-order valence-electron chi connectivity index (χ2n) is 2.78. The smallest absolute Gasteiger partial charge is 0.409 e. The van der Waals surface area contributed by atoms with E-state index in [-0.39, 0.29) is 20.8 Å². The maximum Gasteiger partial charge on any atom is 0.409 e. The van der Waals surface area contributed by atoms with Crippen LogP contribution in [0.1, 0.15) is 6.92 Å². The number of hydrogen-bond acceptors (Lipinski definition) is 2. The Balaban J connectivity index is 2.98. The summed E-state index contributed by atoms with van der Waals surface area (Å²) in [4.78, 5) is 0. The molecule has 0 aliphatic heterocycles. The monoisotopic (exact) mass is 321 g/mol. The molecule has 0 saturated heterocycles. The maximum atomic E-state index is 11.6. The minimum atomic E-state index is -3.44. The first-order valence-corrected chi connectivity index (χ1v) is 7.91. The Hall–Kier alpha value is 0.370. The molecule has 1 atom stereocenters. The van der Waals surface area contributed by atoms with Crippen LogP contribution in [-0.4, -0.2) is 6.54 Å². The van der Waals surface area contributed by atoms with Gasteiger partial charge in [-0.05, 0) is 6.07 Å². The summed E-state index contributed by atoms with van der Waals surface area (Å²) in [5.41, 5.74) is 0. The van der Waals surface area contributed by atoms with Crippen LogP contribution in [0.25, 0.3) is 0 Å². The summed E-state index contributed by atoms with van der Waals surface area (Å²) in [5, 5.41) is 3.21. The number of benzene rings is 1. The molecule has 1 aromatic rings. The van der Waals surface area contributed by atoms with Crippen LogP contribution >= 0.6 is 52.9 Å². The Morgan fingerprint density at radius 2 is 1.81 bits per heavy atom. The van der Waals surface area contributed by atoms with Gasteiger partial charge in [0, 0.05) is 23.9 Å². The van der Waals surface area contributed by atoms with E-state index in [4.69, 9.17) is 50.6 Å². The summed E-state index contributed by atoms with van der Waals surface area (Å²) in [6.07, 6.45) is 0. The van der Waals surface area contributed by atoms with Gasteiger partial charge in [0.1, 0.15) is 5.75 Å². The van der Waals surface area contributed by atoms with E-state index in [0.717, 1.165) is 0 Å². The van der Waals surface area contributed by atoms with Gasteiger partial charge < -0.3 is 4.52 Å². The van der Waals surface area contributed by atoms with Gasteiger partial charge in [-0.2, -0.15) is 0 Å². The quantitative estimate of drug-likeness (QED) is 0.627. The molecule has 0 amide bonds. The zero-order chi connectivity index (χ0) is 12.3. The predicted molar refractivity (Wildman–Crippen MR) is 69.2 cm³/mol. The highest BCUT2D eigenvalue weighted by Gasteiger charge is 2.21. The van der Waals surface area contributed by atoms with Crippen molar-refractivity contribution in [1.82, 2.24) is 5.09 Å². The topological polar surface area (TPSA) is 38.3 Å². The van der Waals surface area contributed by atoms with Crippen LogP contribution < -0.4 is 9.61 Å². The van der Waals surface area contributed by atoms with Crippen molar-refractivity contribution in [2.75, 3.05) is 6.54 Å². The molecule has 0 aliphatic carbocycles. The molecule has 0 aromatic heterocycles. The van der Waals surface area contributed by atoms with Gasteiger partial charge in [0.15, 0.2) is 0 Å². The van der Waals surface area contributed by atoms with Gasteiger partial charge in [0.2, 0.25) is 0 Å². The second-order valence-corrected chi connectivity index (χ2v) is 6.79. The van der Waals surface area contributed by atoms with Crippen LogP contribution in [0.5, 0.6) is 5.75 Å². The number of halogens is 4. The first-order chi connectivity index (χ1) is 7.35. The summed E-state index contributed by atoms with van der Waals surface area (Å²) in [5.74, 6) is 0.121. The third-order valence-electron chi connectivity index (χ3n) is 1.54. The zero-order valence-corrected chi connectivity index (χ0v) is 12.1. The number of hydrogen-bond donors (Lipinski definition) is 1. The highest BCUT2D eigenvalue weighted by atomic mass is 35.7. The van der Waals surface area contributed by atoms with Gasteiger partial charge in [-0.25, -0.2) is 9.65 Å². The first kappa shape index (κ1) is 14.4. The fourth-order valence-electron chi connectivity index (χ4n) is 0.922. The van der Waals surface area contributed by atoms with E-state index in [1.54, 1.807) is 6.92 Å². The lowest BCUT2D eigenvalue weighted by atomic mass is 10.3. The minimum Gasteiger partial charge on any atom is -0.421 e. The lowest BCUT2D eigenvalue weighted by molar-refractivity contribution is 0.486. The molecule has 1 N–H and O–H groups in total. The Morgan fingerprint density at radius 3 is 2.38 bits per heavy atom. The van der Waals surface area contributed by atoms with E-state index >= 15 is 0 Å². The zero-order valence-electron chi connectivity index (χ0n) is 8.14. The van der Waals surface area contributed by atoms with Crippen molar-refractivity contribution in [2.45, 2.75) is 6.92 Å². The first-order valence-electron chi connectivity index (χ1n) is 4.24. The molecule has 90 valence electrons. The Morgan fingerprint density at radius 1 is 1.25 bits per heavy atom. The van der Waals surface area contributed by atoms with E-state index in [1.165, 1.54) is 12.1 Å². The third-order valence-corrected chi connectivity index (χ3v) is 4.25. The molecule has 0 saturated carbocycles. The fraction of sp³-hybridized carbons (Fsp3) is 0.250. The Bertz CT molecular complexity index is 440. The Kier molecular flexibility index (Phi) is 5.24. The molecular weight excluding hydrogens is 315 g/mol. The van der Waals surface area contributed by atoms with Crippen LogP contribution in [0.4, 0.5) is 0 Å². The lowest BCUT2D eigenvalue weighted by Gasteiger charge is -2.14. The molecule has 0 spiro atoms. The second kappa shape index (κ2) is 5.81. The van der Waals surface area contributed by atoms with Crippen LogP contribution in [-0.2, 0) is 4.57 Å². The summed E-state index contributed by atoms with van der Waals surface area (Å²) >= 11 is 23.0. The van der Waals surface area contributed by atoms with Crippen molar-refractivity contribution in [3.63, 3.8) is 0 Å². The number of rotatable bonds is 4. The molecule has 16 heavy (non-hydrogen) atoms. The van der Waals surface area contributed by atoms with Crippen LogP contribution in [0.2, 0.25) is 15.1 Å². The summed E-state index contributed by atoms with van der Waals surface area (Å²) in [6, 6.07) is 2.75. The summed E-state index contributed by atoms with van der Waals surface area (Å²) in [7, 11) is 0. The third kappa shape index (κ3) is 3.99. The van der Waals surface area contributed by atoms with Crippen molar-refractivity contribution >= 4 is 52.9 Å². The minimum absolute atomic E-state index is 0.121. The average molecular weight is 323 g/mol. The van der Waals surface area contributed by atoms with Crippen molar-refractivity contribution in [1.29, 1.82) is 0 Å². The molecule has 0 radical (unpaired) electrons. The highest BCUT2D eigenvalue weighted by molar-refractivity contribution is 7.84. The standard InChI is InChI=1S/C8H8Cl4NO2P/c1-2-13-16(12,14)15-8-4-6(10)5(9)3-7(8)11/h3-4H,2H2,1H3,(H,13,14). The molecule has 0 heterocycles. The molecular formula is C8H8Cl4NO2P. The van der Waals surface area contributed by atoms with E-state index in [2.05, 4.69) is 5.09 Å². The van der Waals surface area contributed by atoms with Crippen molar-refractivity contribution in [3.8, 4) is 5.75 Å². The summed E-state index contributed by atoms with van der Waals surface area (Å²) in [6.45, 7) is -1.29. The highest BCUT2D eigenvalue weighted by Crippen LogP contribution is 2.50. The van der Waals surface area contributed by atoms with Gasteiger partial charge in [0.05, 0.1) is 15.1 Å². The van der Waals surface area contributed by atoms with Gasteiger partial charge in [-0.15, -0.1) is 0 Å². The van der Waals surface area contributed by atoms with Gasteiger partial charge in [0.25, 0.3) is 0 Å². The van der Waals surface area contributed by atoms with Crippen LogP contribution in [0.15, 0.2) is 12.1 Å². The fourth-order valence-corrected chi connectivity index (χ4v) is 2.98. The molecule has 1 unspecified atom stereocenters. The molecule has 0 aliphatic rings. The normalized spacial score (nSPS) is 14.6. The molecule has 1 aromatic carbocycles. The molecule has 8 heteroatoms. The van der Waals surface area contributed by atoms with E-state index in [0.29, 0.717) is 6.54 Å². The molecule has 3 nitrogen and oxygen atoms in total. The largest absolute Gasteiger partial charge is 0.421 e.